The maximum absolute atomic E-state index is 13.1. The summed E-state index contributed by atoms with van der Waals surface area (Å²) in [4.78, 5) is 13.1. The summed E-state index contributed by atoms with van der Waals surface area (Å²) in [5.74, 6) is 1.08. The average Bonchev–Trinajstić information content (AvgIpc) is 3.24. The van der Waals surface area contributed by atoms with E-state index in [0.29, 0.717) is 12.6 Å². The van der Waals surface area contributed by atoms with Crippen LogP contribution in [0.4, 0.5) is 0 Å². The fourth-order valence-electron chi connectivity index (χ4n) is 4.36. The van der Waals surface area contributed by atoms with Crippen LogP contribution < -0.4 is 4.74 Å². The summed E-state index contributed by atoms with van der Waals surface area (Å²) in [6.07, 6.45) is 5.08. The number of ketones is 1. The van der Waals surface area contributed by atoms with Crippen molar-refractivity contribution >= 4 is 5.78 Å². The summed E-state index contributed by atoms with van der Waals surface area (Å²) in [7, 11) is 6.08. The maximum atomic E-state index is 13.1. The molecule has 26 heavy (non-hydrogen) atoms. The zero-order valence-corrected chi connectivity index (χ0v) is 16.7. The van der Waals surface area contributed by atoms with E-state index >= 15 is 0 Å². The molecule has 3 rings (SSSR count). The molecular formula is C22H31N2O2+. The highest BCUT2D eigenvalue weighted by atomic mass is 16.5. The van der Waals surface area contributed by atoms with Crippen molar-refractivity contribution in [2.45, 2.75) is 45.6 Å². The molecule has 0 bridgehead atoms. The number of hydrogen-bond donors (Lipinski definition) is 0. The van der Waals surface area contributed by atoms with Crippen LogP contribution in [0.15, 0.2) is 30.3 Å². The lowest BCUT2D eigenvalue weighted by molar-refractivity contribution is -0.906. The average molecular weight is 356 g/mol. The first-order chi connectivity index (χ1) is 12.3. The van der Waals surface area contributed by atoms with E-state index in [9.17, 15) is 4.79 Å². The van der Waals surface area contributed by atoms with Gasteiger partial charge in [0.2, 0.25) is 5.78 Å². The Morgan fingerprint density at radius 1 is 1.15 bits per heavy atom. The molecule has 1 aromatic heterocycles. The lowest BCUT2D eigenvalue weighted by atomic mass is 10.1. The number of carbonyl (C=O) groups excluding carboxylic acids is 1. The molecule has 0 spiro atoms. The van der Waals surface area contributed by atoms with E-state index < -0.39 is 0 Å². The molecule has 1 aliphatic carbocycles. The number of carbonyl (C=O) groups is 1. The van der Waals surface area contributed by atoms with Crippen molar-refractivity contribution < 1.29 is 14.0 Å². The van der Waals surface area contributed by atoms with E-state index in [0.717, 1.165) is 32.9 Å². The molecule has 0 radical (unpaired) electrons. The first-order valence-electron chi connectivity index (χ1n) is 9.52. The van der Waals surface area contributed by atoms with Crippen LogP contribution in [0.5, 0.6) is 5.75 Å². The molecule has 0 amide bonds. The molecule has 2 aromatic rings. The Bertz CT molecular complexity index is 781. The van der Waals surface area contributed by atoms with Gasteiger partial charge in [0.25, 0.3) is 0 Å². The third kappa shape index (κ3) is 3.56. The minimum Gasteiger partial charge on any atom is -0.497 e. The number of methoxy groups -OCH3 is 1. The molecule has 1 heterocycles. The standard InChI is InChI=1S/C22H31N2O2/c1-16-14-21(22(25)15-24(3,4)19-8-6-7-9-19)17(2)23(16)18-10-12-20(26-5)13-11-18/h10-14,19H,6-9,15H2,1-5H3/q+1. The van der Waals surface area contributed by atoms with Gasteiger partial charge in [-0.05, 0) is 69.9 Å². The summed E-state index contributed by atoms with van der Waals surface area (Å²) < 4.78 is 8.20. The number of nitrogens with zero attached hydrogens (tertiary/aromatic N) is 2. The molecular weight excluding hydrogens is 324 g/mol. The van der Waals surface area contributed by atoms with Crippen molar-refractivity contribution in [2.75, 3.05) is 27.7 Å². The maximum Gasteiger partial charge on any atom is 0.218 e. The first-order valence-corrected chi connectivity index (χ1v) is 9.52. The fraction of sp³-hybridized carbons (Fsp3) is 0.500. The number of ether oxygens (including phenoxy) is 1. The number of aryl methyl sites for hydroxylation is 1. The van der Waals surface area contributed by atoms with Crippen molar-refractivity contribution in [3.63, 3.8) is 0 Å². The van der Waals surface area contributed by atoms with Gasteiger partial charge in [0, 0.05) is 22.6 Å². The normalized spacial score (nSPS) is 15.4. The molecule has 0 atom stereocenters. The molecule has 1 fully saturated rings. The van der Waals surface area contributed by atoms with Crippen molar-refractivity contribution in [1.29, 1.82) is 0 Å². The van der Waals surface area contributed by atoms with Crippen LogP contribution in [0.25, 0.3) is 5.69 Å². The Kier molecular flexibility index (Phi) is 5.24. The highest BCUT2D eigenvalue weighted by Gasteiger charge is 2.34. The zero-order valence-electron chi connectivity index (χ0n) is 16.7. The summed E-state index contributed by atoms with van der Waals surface area (Å²) >= 11 is 0. The van der Waals surface area contributed by atoms with Crippen LogP contribution in [0.2, 0.25) is 0 Å². The van der Waals surface area contributed by atoms with Crippen molar-refractivity contribution in [2.24, 2.45) is 0 Å². The SMILES string of the molecule is COc1ccc(-n2c(C)cc(C(=O)C[N+](C)(C)C3CCCC3)c2C)cc1. The van der Waals surface area contributed by atoms with Crippen LogP contribution >= 0.6 is 0 Å². The van der Waals surface area contributed by atoms with Gasteiger partial charge < -0.3 is 13.8 Å². The Labute approximate surface area is 157 Å². The summed E-state index contributed by atoms with van der Waals surface area (Å²) in [5, 5.41) is 0. The largest absolute Gasteiger partial charge is 0.497 e. The van der Waals surface area contributed by atoms with Gasteiger partial charge in [-0.1, -0.05) is 0 Å². The number of likely N-dealkylation sites (N-methyl/N-ethyl adjacent to an activating group) is 1. The molecule has 0 saturated heterocycles. The van der Waals surface area contributed by atoms with Gasteiger partial charge in [0.05, 0.1) is 27.2 Å². The molecule has 1 aliphatic rings. The van der Waals surface area contributed by atoms with Crippen LogP contribution in [-0.4, -0.2) is 48.6 Å². The number of Topliss-reactive ketones (excluding diaryl/α,β-unsaturated/α-hetero) is 1. The molecule has 1 aromatic carbocycles. The molecule has 0 aliphatic heterocycles. The van der Waals surface area contributed by atoms with Crippen LogP contribution in [0, 0.1) is 13.8 Å². The van der Waals surface area contributed by atoms with E-state index in [-0.39, 0.29) is 5.78 Å². The third-order valence-electron chi connectivity index (χ3n) is 5.93. The minimum atomic E-state index is 0.245. The number of benzene rings is 1. The molecule has 1 saturated carbocycles. The van der Waals surface area contributed by atoms with Gasteiger partial charge in [-0.25, -0.2) is 0 Å². The van der Waals surface area contributed by atoms with E-state index in [1.165, 1.54) is 25.7 Å². The molecule has 140 valence electrons. The number of rotatable bonds is 6. The van der Waals surface area contributed by atoms with Gasteiger partial charge in [0.1, 0.15) is 12.3 Å². The van der Waals surface area contributed by atoms with Gasteiger partial charge in [0.15, 0.2) is 0 Å². The number of quaternary nitrogens is 1. The molecule has 0 unspecified atom stereocenters. The highest BCUT2D eigenvalue weighted by molar-refractivity contribution is 5.98. The van der Waals surface area contributed by atoms with E-state index in [1.807, 2.05) is 37.3 Å². The van der Waals surface area contributed by atoms with E-state index in [1.54, 1.807) is 7.11 Å². The van der Waals surface area contributed by atoms with Crippen LogP contribution in [0.1, 0.15) is 47.4 Å². The Balaban J connectivity index is 1.85. The van der Waals surface area contributed by atoms with E-state index in [2.05, 4.69) is 25.6 Å². The third-order valence-corrected chi connectivity index (χ3v) is 5.93. The lowest BCUT2D eigenvalue weighted by Gasteiger charge is -2.35. The Morgan fingerprint density at radius 2 is 1.77 bits per heavy atom. The van der Waals surface area contributed by atoms with Crippen LogP contribution in [-0.2, 0) is 0 Å². The Morgan fingerprint density at radius 3 is 2.35 bits per heavy atom. The predicted octanol–water partition coefficient (Wildman–Crippen LogP) is 4.30. The van der Waals surface area contributed by atoms with Gasteiger partial charge >= 0.3 is 0 Å². The smallest absolute Gasteiger partial charge is 0.218 e. The van der Waals surface area contributed by atoms with Crippen molar-refractivity contribution in [3.05, 3.63) is 47.3 Å². The fourth-order valence-corrected chi connectivity index (χ4v) is 4.36. The summed E-state index contributed by atoms with van der Waals surface area (Å²) in [6.45, 7) is 4.67. The number of hydrogen-bond acceptors (Lipinski definition) is 2. The quantitative estimate of drug-likeness (QED) is 0.571. The van der Waals surface area contributed by atoms with Gasteiger partial charge in [-0.3, -0.25) is 4.79 Å². The van der Waals surface area contributed by atoms with Crippen molar-refractivity contribution in [3.8, 4) is 11.4 Å². The highest BCUT2D eigenvalue weighted by Crippen LogP contribution is 2.28. The molecule has 4 nitrogen and oxygen atoms in total. The van der Waals surface area contributed by atoms with Gasteiger partial charge in [-0.2, -0.15) is 0 Å². The zero-order chi connectivity index (χ0) is 18.9. The Hall–Kier alpha value is -2.07. The van der Waals surface area contributed by atoms with Crippen molar-refractivity contribution in [1.82, 2.24) is 4.57 Å². The van der Waals surface area contributed by atoms with Gasteiger partial charge in [-0.15, -0.1) is 0 Å². The second-order valence-electron chi connectivity index (χ2n) is 8.12. The minimum absolute atomic E-state index is 0.245. The topological polar surface area (TPSA) is 31.2 Å². The second-order valence-corrected chi connectivity index (χ2v) is 8.12. The molecule has 4 heteroatoms. The lowest BCUT2D eigenvalue weighted by Crippen LogP contribution is -2.50. The second kappa shape index (κ2) is 7.28. The summed E-state index contributed by atoms with van der Waals surface area (Å²) in [5.41, 5.74) is 4.01. The number of aromatic nitrogens is 1. The van der Waals surface area contributed by atoms with Crippen LogP contribution in [0.3, 0.4) is 0 Å². The molecule has 0 N–H and O–H groups in total. The van der Waals surface area contributed by atoms with E-state index in [4.69, 9.17) is 4.74 Å². The monoisotopic (exact) mass is 355 g/mol. The first kappa shape index (κ1) is 18.7. The predicted molar refractivity (Wildman–Crippen MR) is 105 cm³/mol. The summed E-state index contributed by atoms with van der Waals surface area (Å²) in [6, 6.07) is 10.6.